The van der Waals surface area contributed by atoms with Crippen LogP contribution in [-0.2, 0) is 11.0 Å². The Morgan fingerprint density at radius 3 is 1.85 bits per heavy atom. The maximum absolute atomic E-state index is 13.3. The lowest BCUT2D eigenvalue weighted by molar-refractivity contribution is -0.137. The smallest absolute Gasteiger partial charge is 0.388 e. The van der Waals surface area contributed by atoms with E-state index in [9.17, 15) is 23.1 Å². The van der Waals surface area contributed by atoms with Crippen molar-refractivity contribution in [2.45, 2.75) is 55.7 Å². The minimum atomic E-state index is -4.63. The summed E-state index contributed by atoms with van der Waals surface area (Å²) in [5.41, 5.74) is 24.5. The highest BCUT2D eigenvalue weighted by Gasteiger charge is 2.34. The second kappa shape index (κ2) is 14.7. The minimum absolute atomic E-state index is 0. The lowest BCUT2D eigenvalue weighted by Crippen LogP contribution is -2.54. The van der Waals surface area contributed by atoms with Crippen LogP contribution in [0.15, 0.2) is 48.5 Å². The van der Waals surface area contributed by atoms with Crippen LogP contribution in [-0.4, -0.2) is 76.3 Å². The molecule has 3 heterocycles. The van der Waals surface area contributed by atoms with Gasteiger partial charge in [-0.1, -0.05) is 24.3 Å². The third-order valence-corrected chi connectivity index (χ3v) is 7.64. The third-order valence-electron chi connectivity index (χ3n) is 7.64. The number of carbonyl (C=O) groups excluding carboxylic acids is 1. The van der Waals surface area contributed by atoms with E-state index in [2.05, 4.69) is 20.6 Å². The number of anilines is 5. The van der Waals surface area contributed by atoms with Crippen LogP contribution in [0, 0.1) is 0 Å². The van der Waals surface area contributed by atoms with E-state index in [0.29, 0.717) is 62.2 Å². The van der Waals surface area contributed by atoms with Crippen molar-refractivity contribution < 1.29 is 23.1 Å². The van der Waals surface area contributed by atoms with Gasteiger partial charge in [-0.2, -0.15) is 28.1 Å². The number of alkyl halides is 3. The average Bonchev–Trinajstić information content (AvgIpc) is 2.96. The van der Waals surface area contributed by atoms with Crippen molar-refractivity contribution in [1.82, 2.24) is 15.0 Å². The van der Waals surface area contributed by atoms with Gasteiger partial charge in [0.15, 0.2) is 0 Å². The van der Waals surface area contributed by atoms with Gasteiger partial charge in [-0.05, 0) is 42.7 Å². The number of amides is 1. The van der Waals surface area contributed by atoms with Crippen LogP contribution in [0.25, 0.3) is 0 Å². The molecule has 0 aliphatic carbocycles. The first-order chi connectivity index (χ1) is 21.3. The van der Waals surface area contributed by atoms with E-state index in [4.69, 9.17) is 27.9 Å². The van der Waals surface area contributed by atoms with Gasteiger partial charge in [0.25, 0.3) is 0 Å². The summed E-state index contributed by atoms with van der Waals surface area (Å²) in [7, 11) is 0. The zero-order chi connectivity index (χ0) is 32.3. The first-order valence-electron chi connectivity index (χ1n) is 14.6. The molecule has 5 rings (SSSR count). The van der Waals surface area contributed by atoms with Crippen LogP contribution in [0.4, 0.5) is 42.4 Å². The topological polar surface area (TPSA) is 211 Å². The summed E-state index contributed by atoms with van der Waals surface area (Å²) >= 11 is 0. The number of halogens is 4. The van der Waals surface area contributed by atoms with Crippen LogP contribution in [0.2, 0.25) is 0 Å². The highest BCUT2D eigenvalue weighted by molar-refractivity contribution is 5.92. The van der Waals surface area contributed by atoms with Crippen molar-refractivity contribution in [1.29, 1.82) is 0 Å². The summed E-state index contributed by atoms with van der Waals surface area (Å²) in [6.45, 7) is 2.10. The molecule has 13 nitrogen and oxygen atoms in total. The van der Waals surface area contributed by atoms with E-state index >= 15 is 0 Å². The Bertz CT molecular complexity index is 1420. The van der Waals surface area contributed by atoms with Crippen molar-refractivity contribution >= 4 is 47.5 Å². The summed E-state index contributed by atoms with van der Waals surface area (Å²) in [6, 6.07) is 10.6. The first kappa shape index (κ1) is 35.1. The molecule has 2 aromatic carbocycles. The number of nitrogens with two attached hydrogens (primary N) is 4. The highest BCUT2D eigenvalue weighted by Crippen LogP contribution is 2.35. The number of aliphatic hydroxyl groups is 1. The number of nitrogens with zero attached hydrogens (tertiary/aromatic N) is 5. The molecule has 5 atom stereocenters. The number of para-hydroxylation sites is 1. The van der Waals surface area contributed by atoms with Crippen molar-refractivity contribution in [3.8, 4) is 0 Å². The largest absolute Gasteiger partial charge is 0.418 e. The predicted octanol–water partition coefficient (Wildman–Crippen LogP) is 1.85. The SMILES string of the molecule is Cl.N[C@@H]1C[C@H](N)CN(c2nc(Nc3ccc(C(O)CC(=O)Nc4ccccc4C(F)(F)F)cc3)nc(N3C[C@H](N)C[C@H](N)C3)n2)C1. The molecule has 1 amide bonds. The van der Waals surface area contributed by atoms with E-state index < -0.39 is 30.2 Å². The monoisotopic (exact) mass is 665 g/mol. The van der Waals surface area contributed by atoms with Gasteiger partial charge in [0.1, 0.15) is 0 Å². The molecule has 1 aromatic heterocycles. The quantitative estimate of drug-likeness (QED) is 0.184. The molecule has 2 aliphatic rings. The van der Waals surface area contributed by atoms with Gasteiger partial charge in [-0.3, -0.25) is 4.79 Å². The van der Waals surface area contributed by atoms with Gasteiger partial charge in [0.05, 0.1) is 23.8 Å². The molecular formula is C29H39ClF3N11O2. The van der Waals surface area contributed by atoms with Gasteiger partial charge < -0.3 is 48.5 Å². The fraction of sp³-hybridized carbons (Fsp3) is 0.448. The molecule has 46 heavy (non-hydrogen) atoms. The van der Waals surface area contributed by atoms with E-state index in [1.165, 1.54) is 12.1 Å². The number of hydrogen-bond acceptors (Lipinski definition) is 12. The Morgan fingerprint density at radius 1 is 0.848 bits per heavy atom. The summed E-state index contributed by atoms with van der Waals surface area (Å²) < 4.78 is 39.8. The molecule has 0 saturated carbocycles. The first-order valence-corrected chi connectivity index (χ1v) is 14.6. The second-order valence-electron chi connectivity index (χ2n) is 11.6. The molecule has 2 fully saturated rings. The van der Waals surface area contributed by atoms with E-state index in [1.54, 1.807) is 24.3 Å². The number of piperidine rings is 2. The summed E-state index contributed by atoms with van der Waals surface area (Å²) in [6.07, 6.45) is -4.95. The van der Waals surface area contributed by atoms with E-state index in [1.807, 2.05) is 9.80 Å². The molecule has 250 valence electrons. The van der Waals surface area contributed by atoms with Gasteiger partial charge in [0, 0.05) is 56.0 Å². The number of nitrogens with one attached hydrogen (secondary N) is 2. The van der Waals surface area contributed by atoms with Crippen molar-refractivity contribution in [3.05, 3.63) is 59.7 Å². The van der Waals surface area contributed by atoms with Crippen LogP contribution in [0.3, 0.4) is 0 Å². The Hall–Kier alpha value is -3.80. The Balaban J connectivity index is 0.00000480. The second-order valence-corrected chi connectivity index (χ2v) is 11.6. The molecular weight excluding hydrogens is 627 g/mol. The summed E-state index contributed by atoms with van der Waals surface area (Å²) in [5.74, 6) is 0.310. The molecule has 11 N–H and O–H groups in total. The molecule has 0 bridgehead atoms. The number of aliphatic hydroxyl groups excluding tert-OH is 1. The van der Waals surface area contributed by atoms with Gasteiger partial charge in [0.2, 0.25) is 23.8 Å². The molecule has 0 spiro atoms. The van der Waals surface area contributed by atoms with Crippen molar-refractivity contribution in [2.75, 3.05) is 46.6 Å². The van der Waals surface area contributed by atoms with Crippen LogP contribution >= 0.6 is 12.4 Å². The van der Waals surface area contributed by atoms with Gasteiger partial charge >= 0.3 is 6.18 Å². The van der Waals surface area contributed by atoms with E-state index in [0.717, 1.165) is 12.1 Å². The zero-order valence-electron chi connectivity index (χ0n) is 24.9. The molecule has 2 aliphatic heterocycles. The maximum Gasteiger partial charge on any atom is 0.418 e. The van der Waals surface area contributed by atoms with Gasteiger partial charge in [-0.25, -0.2) is 0 Å². The fourth-order valence-corrected chi connectivity index (χ4v) is 5.63. The number of carbonyl (C=O) groups is 1. The number of hydrogen-bond donors (Lipinski definition) is 7. The minimum Gasteiger partial charge on any atom is -0.388 e. The molecule has 3 aromatic rings. The van der Waals surface area contributed by atoms with Crippen molar-refractivity contribution in [3.63, 3.8) is 0 Å². The van der Waals surface area contributed by atoms with Crippen LogP contribution < -0.4 is 43.4 Å². The lowest BCUT2D eigenvalue weighted by atomic mass is 10.0. The number of aromatic nitrogens is 3. The average molecular weight is 666 g/mol. The summed E-state index contributed by atoms with van der Waals surface area (Å²) in [5, 5.41) is 16.0. The normalized spacial score (nSPS) is 22.5. The maximum atomic E-state index is 13.3. The molecule has 2 saturated heterocycles. The standard InChI is InChI=1S/C29H38F3N11O2.ClH/c30-29(31,32)22-3-1-2-4-23(22)38-25(45)11-24(44)16-5-7-21(8-6-16)37-26-39-27(42-12-17(33)9-18(34)13-42)41-28(40-26)43-14-19(35)10-20(36)15-43;/h1-8,17-20,24,44H,9-15,33-36H2,(H,38,45)(H,37,39,40,41);1H/t17-,18+,19-,20+,24?;. The molecule has 0 radical (unpaired) electrons. The van der Waals surface area contributed by atoms with Gasteiger partial charge in [-0.15, -0.1) is 12.4 Å². The fourth-order valence-electron chi connectivity index (χ4n) is 5.63. The third kappa shape index (κ3) is 8.92. The van der Waals surface area contributed by atoms with Crippen molar-refractivity contribution in [2.24, 2.45) is 22.9 Å². The van der Waals surface area contributed by atoms with Crippen LogP contribution in [0.5, 0.6) is 0 Å². The molecule has 17 heteroatoms. The summed E-state index contributed by atoms with van der Waals surface area (Å²) in [4.78, 5) is 30.3. The Morgan fingerprint density at radius 2 is 1.35 bits per heavy atom. The number of rotatable bonds is 8. The lowest BCUT2D eigenvalue weighted by Gasteiger charge is -2.37. The molecule has 1 unspecified atom stereocenters. The Kier molecular flexibility index (Phi) is 11.2. The predicted molar refractivity (Wildman–Crippen MR) is 172 cm³/mol. The number of benzene rings is 2. The Labute approximate surface area is 270 Å². The van der Waals surface area contributed by atoms with Crippen LogP contribution in [0.1, 0.15) is 36.5 Å². The highest BCUT2D eigenvalue weighted by atomic mass is 35.5. The zero-order valence-corrected chi connectivity index (χ0v) is 25.7. The van der Waals surface area contributed by atoms with E-state index in [-0.39, 0.29) is 48.2 Å².